The van der Waals surface area contributed by atoms with Crippen molar-refractivity contribution in [2.75, 3.05) is 7.11 Å². The molecule has 1 aromatic carbocycles. The van der Waals surface area contributed by atoms with Crippen LogP contribution in [-0.2, 0) is 9.53 Å². The summed E-state index contributed by atoms with van der Waals surface area (Å²) < 4.78 is 4.44. The Morgan fingerprint density at radius 1 is 1.58 bits per heavy atom. The van der Waals surface area contributed by atoms with Crippen LogP contribution in [0.5, 0.6) is 5.75 Å². The van der Waals surface area contributed by atoms with Gasteiger partial charge >= 0.3 is 5.97 Å². The molecule has 0 unspecified atom stereocenters. The van der Waals surface area contributed by atoms with E-state index in [9.17, 15) is 20.0 Å². The molecule has 0 aliphatic heterocycles. The normalized spacial score (nSPS) is 11.3. The van der Waals surface area contributed by atoms with Crippen LogP contribution in [0.4, 0.5) is 5.69 Å². The number of esters is 1. The largest absolute Gasteiger partial charge is 0.507 e. The molecule has 0 radical (unpaired) electrons. The highest BCUT2D eigenvalue weighted by Gasteiger charge is 2.26. The molecule has 0 bridgehead atoms. The molecule has 1 rings (SSSR count). The van der Waals surface area contributed by atoms with E-state index in [1.807, 2.05) is 0 Å². The van der Waals surface area contributed by atoms with Gasteiger partial charge in [0.05, 0.1) is 30.1 Å². The van der Waals surface area contributed by atoms with Crippen LogP contribution in [-0.4, -0.2) is 23.1 Å². The van der Waals surface area contributed by atoms with Gasteiger partial charge in [-0.15, -0.1) is 12.4 Å². The molecule has 0 fully saturated rings. The highest BCUT2D eigenvalue weighted by atomic mass is 35.5. The van der Waals surface area contributed by atoms with Gasteiger partial charge in [-0.1, -0.05) is 0 Å². The third-order valence-corrected chi connectivity index (χ3v) is 2.58. The number of phenols is 1. The van der Waals surface area contributed by atoms with Crippen molar-refractivity contribution < 1.29 is 19.6 Å². The van der Waals surface area contributed by atoms with E-state index < -0.39 is 16.9 Å². The molecule has 106 valence electrons. The summed E-state index contributed by atoms with van der Waals surface area (Å²) in [5, 5.41) is 20.7. The van der Waals surface area contributed by atoms with Gasteiger partial charge in [0.15, 0.2) is 0 Å². The van der Waals surface area contributed by atoms with Gasteiger partial charge in [0.25, 0.3) is 5.69 Å². The van der Waals surface area contributed by atoms with Crippen LogP contribution in [0.3, 0.4) is 0 Å². The van der Waals surface area contributed by atoms with Crippen molar-refractivity contribution in [3.63, 3.8) is 0 Å². The number of hydrogen-bond donors (Lipinski definition) is 2. The summed E-state index contributed by atoms with van der Waals surface area (Å²) in [6, 6.07) is 1.68. The maximum absolute atomic E-state index is 11.1. The highest BCUT2D eigenvalue weighted by Crippen LogP contribution is 2.36. The first-order valence-electron chi connectivity index (χ1n) is 5.17. The molecule has 0 amide bonds. The fourth-order valence-corrected chi connectivity index (χ4v) is 1.60. The molecule has 0 saturated carbocycles. The minimum Gasteiger partial charge on any atom is -0.507 e. The van der Waals surface area contributed by atoms with E-state index in [-0.39, 0.29) is 35.8 Å². The van der Waals surface area contributed by atoms with Crippen molar-refractivity contribution in [1.82, 2.24) is 0 Å². The Balaban J connectivity index is 0.00000324. The van der Waals surface area contributed by atoms with Crippen LogP contribution in [0.25, 0.3) is 0 Å². The number of carbonyl (C=O) groups excluding carboxylic acids is 1. The fourth-order valence-electron chi connectivity index (χ4n) is 1.60. The average molecular weight is 291 g/mol. The van der Waals surface area contributed by atoms with Crippen molar-refractivity contribution in [2.45, 2.75) is 19.4 Å². The summed E-state index contributed by atoms with van der Waals surface area (Å²) in [7, 11) is 1.19. The monoisotopic (exact) mass is 290 g/mol. The Labute approximate surface area is 115 Å². The number of nitro groups is 1. The zero-order valence-electron chi connectivity index (χ0n) is 10.5. The Bertz CT molecular complexity index is 492. The molecule has 0 aliphatic rings. The van der Waals surface area contributed by atoms with Gasteiger partial charge in [-0.2, -0.15) is 0 Å². The Morgan fingerprint density at radius 2 is 2.16 bits per heavy atom. The quantitative estimate of drug-likeness (QED) is 0.494. The number of rotatable bonds is 4. The first-order chi connectivity index (χ1) is 8.38. The van der Waals surface area contributed by atoms with Gasteiger partial charge in [-0.25, -0.2) is 0 Å². The lowest BCUT2D eigenvalue weighted by atomic mass is 9.99. The molecular formula is C11H15ClN2O5. The summed E-state index contributed by atoms with van der Waals surface area (Å²) in [5.41, 5.74) is 5.81. The van der Waals surface area contributed by atoms with Gasteiger partial charge in [0.1, 0.15) is 5.75 Å². The summed E-state index contributed by atoms with van der Waals surface area (Å²) in [6.45, 7) is 1.59. The highest BCUT2D eigenvalue weighted by molar-refractivity contribution is 5.85. The van der Waals surface area contributed by atoms with Crippen LogP contribution in [0.2, 0.25) is 0 Å². The van der Waals surface area contributed by atoms with Gasteiger partial charge in [0.2, 0.25) is 0 Å². The zero-order chi connectivity index (χ0) is 13.9. The predicted octanol–water partition coefficient (Wildman–Crippen LogP) is 1.59. The van der Waals surface area contributed by atoms with Gasteiger partial charge < -0.3 is 15.6 Å². The first-order valence-corrected chi connectivity index (χ1v) is 5.17. The van der Waals surface area contributed by atoms with E-state index in [0.717, 1.165) is 0 Å². The number of aromatic hydroxyl groups is 1. The molecule has 0 aromatic heterocycles. The number of benzene rings is 1. The molecule has 1 atom stereocenters. The molecule has 0 saturated heterocycles. The number of methoxy groups -OCH3 is 1. The van der Waals surface area contributed by atoms with Gasteiger partial charge in [-0.3, -0.25) is 14.9 Å². The fraction of sp³-hybridized carbons (Fsp3) is 0.364. The van der Waals surface area contributed by atoms with Crippen molar-refractivity contribution in [3.8, 4) is 5.75 Å². The number of nitro benzene ring substituents is 1. The Kier molecular flexibility index (Phi) is 6.23. The number of ether oxygens (including phenoxy) is 1. The molecular weight excluding hydrogens is 276 g/mol. The summed E-state index contributed by atoms with van der Waals surface area (Å²) in [5.74, 6) is -0.863. The van der Waals surface area contributed by atoms with Crippen LogP contribution >= 0.6 is 12.4 Å². The van der Waals surface area contributed by atoms with E-state index >= 15 is 0 Å². The van der Waals surface area contributed by atoms with Crippen molar-refractivity contribution in [1.29, 1.82) is 0 Å². The van der Waals surface area contributed by atoms with Gasteiger partial charge in [-0.05, 0) is 18.6 Å². The number of hydrogen-bond acceptors (Lipinski definition) is 6. The topological polar surface area (TPSA) is 116 Å². The molecule has 0 spiro atoms. The van der Waals surface area contributed by atoms with Crippen LogP contribution in [0.15, 0.2) is 12.1 Å². The number of nitrogens with zero attached hydrogens (tertiary/aromatic N) is 1. The second-order valence-electron chi connectivity index (χ2n) is 3.81. The maximum Gasteiger partial charge on any atom is 0.307 e. The van der Waals surface area contributed by atoms with E-state index in [1.165, 1.54) is 19.2 Å². The lowest BCUT2D eigenvalue weighted by Gasteiger charge is -2.14. The summed E-state index contributed by atoms with van der Waals surface area (Å²) >= 11 is 0. The second-order valence-corrected chi connectivity index (χ2v) is 3.81. The molecule has 0 aliphatic carbocycles. The van der Waals surface area contributed by atoms with Crippen LogP contribution in [0.1, 0.15) is 23.6 Å². The standard InChI is InChI=1S/C11H14N2O5.ClH/c1-6-3-4-8(13(16)17)10(11(6)15)7(12)5-9(14)18-2;/h3-4,7,15H,5,12H2,1-2H3;1H/t7-;/m0./s1. The summed E-state index contributed by atoms with van der Waals surface area (Å²) in [4.78, 5) is 21.3. The Morgan fingerprint density at radius 3 is 2.63 bits per heavy atom. The van der Waals surface area contributed by atoms with E-state index in [2.05, 4.69) is 4.74 Å². The van der Waals surface area contributed by atoms with Crippen molar-refractivity contribution in [3.05, 3.63) is 33.4 Å². The molecule has 3 N–H and O–H groups in total. The molecule has 8 heteroatoms. The molecule has 7 nitrogen and oxygen atoms in total. The van der Waals surface area contributed by atoms with E-state index in [4.69, 9.17) is 5.73 Å². The molecule has 19 heavy (non-hydrogen) atoms. The lowest BCUT2D eigenvalue weighted by molar-refractivity contribution is -0.385. The minimum atomic E-state index is -0.988. The predicted molar refractivity (Wildman–Crippen MR) is 70.3 cm³/mol. The number of phenolic OH excluding ortho intramolecular Hbond substituents is 1. The average Bonchev–Trinajstić information content (AvgIpc) is 2.31. The van der Waals surface area contributed by atoms with Crippen molar-refractivity contribution >= 4 is 24.1 Å². The van der Waals surface area contributed by atoms with Gasteiger partial charge in [0, 0.05) is 6.07 Å². The molecule has 0 heterocycles. The third-order valence-electron chi connectivity index (χ3n) is 2.58. The smallest absolute Gasteiger partial charge is 0.307 e. The SMILES string of the molecule is COC(=O)C[C@H](N)c1c([N+](=O)[O-])ccc(C)c1O.Cl. The minimum absolute atomic E-state index is 0. The van der Waals surface area contributed by atoms with E-state index in [1.54, 1.807) is 6.92 Å². The number of carbonyl (C=O) groups is 1. The van der Waals surface area contributed by atoms with Crippen molar-refractivity contribution in [2.24, 2.45) is 5.73 Å². The van der Waals surface area contributed by atoms with Crippen LogP contribution < -0.4 is 5.73 Å². The van der Waals surface area contributed by atoms with E-state index in [0.29, 0.717) is 5.56 Å². The lowest BCUT2D eigenvalue weighted by Crippen LogP contribution is -2.18. The number of aryl methyl sites for hydroxylation is 1. The van der Waals surface area contributed by atoms with Crippen LogP contribution in [0, 0.1) is 17.0 Å². The Hall–Kier alpha value is -1.86. The summed E-state index contributed by atoms with van der Waals surface area (Å²) in [6.07, 6.45) is -0.242. The first kappa shape index (κ1) is 17.1. The number of halogens is 1. The molecule has 1 aromatic rings. The number of nitrogens with two attached hydrogens (primary N) is 1. The maximum atomic E-state index is 11.1. The second kappa shape index (κ2) is 6.91. The zero-order valence-corrected chi connectivity index (χ0v) is 11.3. The third kappa shape index (κ3) is 3.80.